The molecule has 0 aliphatic rings. The highest BCUT2D eigenvalue weighted by molar-refractivity contribution is 7.89. The summed E-state index contributed by atoms with van der Waals surface area (Å²) < 4.78 is 26.1. The average molecular weight is 352 g/mol. The number of nitrogens with one attached hydrogen (secondary N) is 1. The van der Waals surface area contributed by atoms with Crippen molar-refractivity contribution in [3.8, 4) is 0 Å². The van der Waals surface area contributed by atoms with Crippen molar-refractivity contribution in [1.82, 2.24) is 9.29 Å². The van der Waals surface area contributed by atoms with E-state index in [-0.39, 0.29) is 4.90 Å². The first kappa shape index (κ1) is 17.6. The maximum atomic E-state index is 12.4. The van der Waals surface area contributed by atoms with E-state index in [1.54, 1.807) is 23.5 Å². The normalized spacial score (nSPS) is 12.6. The molecule has 23 heavy (non-hydrogen) atoms. The molecule has 0 aromatic carbocycles. The summed E-state index contributed by atoms with van der Waals surface area (Å²) in [4.78, 5) is 5.38. The molecule has 2 rings (SSSR count). The Hall–Kier alpha value is -1.77. The quantitative estimate of drug-likeness (QED) is 0.614. The van der Waals surface area contributed by atoms with Crippen molar-refractivity contribution in [3.05, 3.63) is 40.7 Å². The van der Waals surface area contributed by atoms with Gasteiger partial charge in [-0.05, 0) is 30.5 Å². The number of thiophene rings is 1. The lowest BCUT2D eigenvalue weighted by Crippen LogP contribution is -2.30. The van der Waals surface area contributed by atoms with Crippen LogP contribution >= 0.6 is 11.3 Å². The molecule has 0 amide bonds. The molecule has 8 heteroatoms. The van der Waals surface area contributed by atoms with E-state index in [4.69, 9.17) is 0 Å². The van der Waals surface area contributed by atoms with Crippen molar-refractivity contribution < 1.29 is 8.42 Å². The van der Waals surface area contributed by atoms with Crippen LogP contribution in [0.15, 0.2) is 45.8 Å². The van der Waals surface area contributed by atoms with Crippen molar-refractivity contribution in [2.45, 2.75) is 25.7 Å². The van der Waals surface area contributed by atoms with Gasteiger partial charge in [-0.25, -0.2) is 13.4 Å². The van der Waals surface area contributed by atoms with E-state index in [1.807, 2.05) is 38.3 Å². The van der Waals surface area contributed by atoms with E-state index in [9.17, 15) is 8.42 Å². The third-order valence-corrected chi connectivity index (χ3v) is 6.31. The lowest BCUT2D eigenvalue weighted by Gasteiger charge is -2.18. The molecule has 0 radical (unpaired) electrons. The lowest BCUT2D eigenvalue weighted by atomic mass is 10.3. The largest absolute Gasteiger partial charge is 0.261 e. The summed E-state index contributed by atoms with van der Waals surface area (Å²) in [5, 5.41) is 6.24. The van der Waals surface area contributed by atoms with Crippen LogP contribution in [0.3, 0.4) is 0 Å². The fraction of sp³-hybridized carbons (Fsp3) is 0.333. The first-order valence-corrected chi connectivity index (χ1v) is 9.61. The first-order valence-electron chi connectivity index (χ1n) is 7.29. The molecule has 0 aliphatic carbocycles. The Bertz CT molecular complexity index is 749. The van der Waals surface area contributed by atoms with E-state index >= 15 is 0 Å². The summed E-state index contributed by atoms with van der Waals surface area (Å²) in [5.41, 5.74) is 3.69. The van der Waals surface area contributed by atoms with Crippen LogP contribution in [0.4, 0.5) is 5.82 Å². The number of hydrazone groups is 1. The minimum atomic E-state index is -3.48. The van der Waals surface area contributed by atoms with Crippen LogP contribution in [0.2, 0.25) is 0 Å². The maximum Gasteiger partial charge on any atom is 0.244 e. The summed E-state index contributed by atoms with van der Waals surface area (Å²) in [6.45, 7) is 6.39. The molecule has 0 bridgehead atoms. The Balaban J connectivity index is 2.12. The summed E-state index contributed by atoms with van der Waals surface area (Å²) in [6.07, 6.45) is 1.35. The average Bonchev–Trinajstić information content (AvgIpc) is 3.08. The van der Waals surface area contributed by atoms with Gasteiger partial charge < -0.3 is 0 Å². The third-order valence-electron chi connectivity index (χ3n) is 3.30. The van der Waals surface area contributed by atoms with E-state index in [0.29, 0.717) is 18.9 Å². The Morgan fingerprint density at radius 3 is 2.57 bits per heavy atom. The molecule has 0 atom stereocenters. The number of pyridine rings is 1. The van der Waals surface area contributed by atoms with Gasteiger partial charge in [0.05, 0.1) is 5.71 Å². The Labute approximate surface area is 140 Å². The summed E-state index contributed by atoms with van der Waals surface area (Å²) in [7, 11) is -3.48. The minimum Gasteiger partial charge on any atom is -0.261 e. The summed E-state index contributed by atoms with van der Waals surface area (Å²) >= 11 is 1.60. The van der Waals surface area contributed by atoms with Gasteiger partial charge in [-0.1, -0.05) is 19.9 Å². The number of hydrogen-bond donors (Lipinski definition) is 1. The Kier molecular flexibility index (Phi) is 5.86. The second-order valence-electron chi connectivity index (χ2n) is 4.75. The molecule has 0 saturated carbocycles. The van der Waals surface area contributed by atoms with Gasteiger partial charge in [-0.2, -0.15) is 9.41 Å². The predicted octanol–water partition coefficient (Wildman–Crippen LogP) is 3.01. The highest BCUT2D eigenvalue weighted by Gasteiger charge is 2.21. The second kappa shape index (κ2) is 7.67. The molecule has 1 N–H and O–H groups in total. The molecule has 2 heterocycles. The van der Waals surface area contributed by atoms with E-state index < -0.39 is 10.0 Å². The zero-order valence-electron chi connectivity index (χ0n) is 13.4. The number of anilines is 1. The van der Waals surface area contributed by atoms with Gasteiger partial charge in [0.25, 0.3) is 0 Å². The Morgan fingerprint density at radius 1 is 1.30 bits per heavy atom. The molecule has 6 nitrogen and oxygen atoms in total. The number of hydrogen-bond acceptors (Lipinski definition) is 6. The molecule has 0 spiro atoms. The van der Waals surface area contributed by atoms with Crippen LogP contribution in [0.5, 0.6) is 0 Å². The monoisotopic (exact) mass is 352 g/mol. The molecule has 124 valence electrons. The smallest absolute Gasteiger partial charge is 0.244 e. The van der Waals surface area contributed by atoms with Gasteiger partial charge in [-0.15, -0.1) is 11.3 Å². The maximum absolute atomic E-state index is 12.4. The molecular formula is C15H20N4O2S2. The van der Waals surface area contributed by atoms with Crippen LogP contribution in [0.1, 0.15) is 25.6 Å². The van der Waals surface area contributed by atoms with E-state index in [1.165, 1.54) is 10.5 Å². The van der Waals surface area contributed by atoms with Crippen LogP contribution in [0, 0.1) is 0 Å². The van der Waals surface area contributed by atoms with E-state index in [2.05, 4.69) is 15.5 Å². The van der Waals surface area contributed by atoms with Gasteiger partial charge in [0.2, 0.25) is 10.0 Å². The number of nitrogens with zero attached hydrogens (tertiary/aromatic N) is 3. The SMILES string of the molecule is CCN(CC)S(=O)(=O)c1ccc(N/N=C(\C)c2cccs2)nc1. The second-order valence-corrected chi connectivity index (χ2v) is 7.64. The number of rotatable bonds is 7. The molecule has 0 aliphatic heterocycles. The third kappa shape index (κ3) is 4.15. The number of aromatic nitrogens is 1. The van der Waals surface area contributed by atoms with E-state index in [0.717, 1.165) is 10.6 Å². The highest BCUT2D eigenvalue weighted by atomic mass is 32.2. The highest BCUT2D eigenvalue weighted by Crippen LogP contribution is 2.16. The molecule has 2 aromatic heterocycles. The zero-order chi connectivity index (χ0) is 16.9. The molecule has 0 saturated heterocycles. The predicted molar refractivity (Wildman–Crippen MR) is 94.5 cm³/mol. The van der Waals surface area contributed by atoms with Gasteiger partial charge in [-0.3, -0.25) is 5.43 Å². The molecule has 0 unspecified atom stereocenters. The fourth-order valence-electron chi connectivity index (χ4n) is 1.99. The van der Waals surface area contributed by atoms with Gasteiger partial charge in [0.15, 0.2) is 0 Å². The van der Waals surface area contributed by atoms with Crippen LogP contribution in [0.25, 0.3) is 0 Å². The minimum absolute atomic E-state index is 0.186. The standard InChI is InChI=1S/C15H20N4O2S2/c1-4-19(5-2)23(20,21)13-8-9-15(16-11-13)18-17-12(3)14-7-6-10-22-14/h6-11H,4-5H2,1-3H3,(H,16,18)/b17-12+. The van der Waals surface area contributed by atoms with Crippen molar-refractivity contribution in [3.63, 3.8) is 0 Å². The Morgan fingerprint density at radius 2 is 2.04 bits per heavy atom. The zero-order valence-corrected chi connectivity index (χ0v) is 15.0. The molecular weight excluding hydrogens is 332 g/mol. The van der Waals surface area contributed by atoms with Gasteiger partial charge in [0, 0.05) is 24.2 Å². The van der Waals surface area contributed by atoms with Crippen LogP contribution < -0.4 is 5.43 Å². The van der Waals surface area contributed by atoms with Gasteiger partial charge >= 0.3 is 0 Å². The summed E-state index contributed by atoms with van der Waals surface area (Å²) in [6, 6.07) is 7.10. The van der Waals surface area contributed by atoms with Crippen molar-refractivity contribution in [2.75, 3.05) is 18.5 Å². The van der Waals surface area contributed by atoms with Crippen molar-refractivity contribution >= 4 is 32.9 Å². The van der Waals surface area contributed by atoms with Crippen molar-refractivity contribution in [2.24, 2.45) is 5.10 Å². The molecule has 0 fully saturated rings. The van der Waals surface area contributed by atoms with Crippen molar-refractivity contribution in [1.29, 1.82) is 0 Å². The van der Waals surface area contributed by atoms with Crippen LogP contribution in [-0.4, -0.2) is 36.5 Å². The summed E-state index contributed by atoms with van der Waals surface area (Å²) in [5.74, 6) is 0.499. The van der Waals surface area contributed by atoms with Gasteiger partial charge in [0.1, 0.15) is 10.7 Å². The van der Waals surface area contributed by atoms with Crippen LogP contribution in [-0.2, 0) is 10.0 Å². The lowest BCUT2D eigenvalue weighted by molar-refractivity contribution is 0.445. The number of sulfonamides is 1. The topological polar surface area (TPSA) is 74.7 Å². The fourth-order valence-corrected chi connectivity index (χ4v) is 4.07. The first-order chi connectivity index (χ1) is 11.0. The molecule has 2 aromatic rings.